The Labute approximate surface area is 257 Å². The Morgan fingerprint density at radius 1 is 0.545 bits per heavy atom. The number of amides is 1. The highest BCUT2D eigenvalue weighted by Crippen LogP contribution is 2.48. The van der Waals surface area contributed by atoms with E-state index in [1.165, 1.54) is 19.1 Å². The Morgan fingerprint density at radius 3 is 1.32 bits per heavy atom. The average molecular weight is 602 g/mol. The van der Waals surface area contributed by atoms with Crippen molar-refractivity contribution in [3.05, 3.63) is 157 Å². The Morgan fingerprint density at radius 2 is 0.932 bits per heavy atom. The molecule has 44 heavy (non-hydrogen) atoms. The summed E-state index contributed by atoms with van der Waals surface area (Å²) in [7, 11) is 2.55. The van der Waals surface area contributed by atoms with E-state index in [2.05, 4.69) is 0 Å². The van der Waals surface area contributed by atoms with Crippen molar-refractivity contribution >= 4 is 51.6 Å². The Balaban J connectivity index is 2.04. The van der Waals surface area contributed by atoms with Gasteiger partial charge in [0, 0.05) is 11.3 Å². The second-order valence-electron chi connectivity index (χ2n) is 9.86. The fraction of sp³-hybridized carbons (Fsp3) is 0.0811. The summed E-state index contributed by atoms with van der Waals surface area (Å²) in [6.45, 7) is -3.22. The fourth-order valence-electron chi connectivity index (χ4n) is 5.50. The highest BCUT2D eigenvalue weighted by atomic mass is 31.2. The Bertz CT molecular complexity index is 1670. The summed E-state index contributed by atoms with van der Waals surface area (Å²) in [5, 5.41) is 2.55. The zero-order valence-corrected chi connectivity index (χ0v) is 25.3. The molecule has 0 saturated heterocycles. The van der Waals surface area contributed by atoms with Crippen LogP contribution in [-0.2, 0) is 19.1 Å². The second-order valence-corrected chi connectivity index (χ2v) is 13.2. The lowest BCUT2D eigenvalue weighted by Crippen LogP contribution is -2.55. The third-order valence-corrected chi connectivity index (χ3v) is 11.8. The number of rotatable bonds is 9. The van der Waals surface area contributed by atoms with Gasteiger partial charge in [0.1, 0.15) is 0 Å². The molecule has 5 aromatic carbocycles. The van der Waals surface area contributed by atoms with Crippen LogP contribution in [0.25, 0.3) is 0 Å². The first kappa shape index (κ1) is 30.3. The van der Waals surface area contributed by atoms with Crippen molar-refractivity contribution in [2.75, 3.05) is 19.1 Å². The van der Waals surface area contributed by atoms with Crippen LogP contribution in [0.3, 0.4) is 0 Å². The van der Waals surface area contributed by atoms with Crippen LogP contribution < -0.4 is 20.8 Å². The van der Waals surface area contributed by atoms with E-state index < -0.39 is 30.8 Å². The van der Waals surface area contributed by atoms with Crippen molar-refractivity contribution in [2.45, 2.75) is 6.04 Å². The minimum Gasteiger partial charge on any atom is -0.467 e. The number of anilines is 1. The van der Waals surface area contributed by atoms with Gasteiger partial charge < -0.3 is 9.47 Å². The maximum Gasteiger partial charge on any atom is 0.337 e. The number of carbonyl (C=O) groups is 3. The first-order valence-electron chi connectivity index (χ1n) is 14.1. The molecule has 0 bridgehead atoms. The van der Waals surface area contributed by atoms with Crippen molar-refractivity contribution in [3.8, 4) is 0 Å². The van der Waals surface area contributed by atoms with Crippen LogP contribution in [0.15, 0.2) is 152 Å². The normalized spacial score (nSPS) is 11.6. The monoisotopic (exact) mass is 601 g/mol. The summed E-state index contributed by atoms with van der Waals surface area (Å²) >= 11 is 0. The van der Waals surface area contributed by atoms with Crippen LogP contribution in [0, 0.1) is 0 Å². The van der Waals surface area contributed by atoms with E-state index in [1.807, 2.05) is 103 Å². The molecule has 6 nitrogen and oxygen atoms in total. The van der Waals surface area contributed by atoms with Gasteiger partial charge in [0.2, 0.25) is 0 Å². The van der Waals surface area contributed by atoms with Gasteiger partial charge in [-0.1, -0.05) is 127 Å². The van der Waals surface area contributed by atoms with Gasteiger partial charge in [0.05, 0.1) is 19.5 Å². The van der Waals surface area contributed by atoms with Gasteiger partial charge in [-0.3, -0.25) is 9.69 Å². The summed E-state index contributed by atoms with van der Waals surface area (Å²) in [5.41, 5.74) is 0.767. The maximum absolute atomic E-state index is 14.5. The van der Waals surface area contributed by atoms with E-state index in [1.54, 1.807) is 48.5 Å². The van der Waals surface area contributed by atoms with Crippen LogP contribution >= 0.6 is 6.89 Å². The number of esters is 2. The Kier molecular flexibility index (Phi) is 9.53. The van der Waals surface area contributed by atoms with Crippen molar-refractivity contribution in [1.29, 1.82) is 0 Å². The number of nitrogens with zero attached hydrogens (tertiary/aromatic N) is 1. The molecule has 0 aliphatic heterocycles. The highest BCUT2D eigenvalue weighted by Gasteiger charge is 2.46. The largest absolute Gasteiger partial charge is 0.467 e. The zero-order chi connectivity index (χ0) is 30.9. The van der Waals surface area contributed by atoms with Gasteiger partial charge in [-0.05, 0) is 47.1 Å². The molecule has 0 saturated carbocycles. The van der Waals surface area contributed by atoms with E-state index in [0.717, 1.165) is 15.9 Å². The number of para-hydroxylation sites is 1. The SMILES string of the molecule is COC(=O)C(C(C(=O)OC)N(C(=O)c1ccccc1)c1ccccc1)=P(c1ccccc1)(c1ccccc1)c1ccccc1. The molecular weight excluding hydrogens is 569 g/mol. The standard InChI is InChI=1S/C37H32NO5P/c1-42-36(40)33(38(29-20-10-4-11-21-29)35(39)28-18-8-3-9-19-28)34(37(41)43-2)44(30-22-12-5-13-23-30,31-24-14-6-15-25-31)32-26-16-7-17-27-32/h3-27,33H,1-2H3. The summed E-state index contributed by atoms with van der Waals surface area (Å²) in [6, 6.07) is 44.9. The molecule has 0 spiro atoms. The first-order valence-corrected chi connectivity index (χ1v) is 15.9. The van der Waals surface area contributed by atoms with Crippen LogP contribution in [0.2, 0.25) is 0 Å². The fourth-order valence-corrected chi connectivity index (χ4v) is 10.0. The maximum atomic E-state index is 14.5. The van der Waals surface area contributed by atoms with Crippen molar-refractivity contribution in [1.82, 2.24) is 0 Å². The molecule has 220 valence electrons. The first-order chi connectivity index (χ1) is 21.5. The average Bonchev–Trinajstić information content (AvgIpc) is 3.11. The molecule has 0 radical (unpaired) electrons. The van der Waals surface area contributed by atoms with Gasteiger partial charge in [0.25, 0.3) is 5.91 Å². The lowest BCUT2D eigenvalue weighted by molar-refractivity contribution is -0.141. The molecule has 0 aliphatic carbocycles. The number of hydrogen-bond donors (Lipinski definition) is 0. The predicted molar refractivity (Wildman–Crippen MR) is 178 cm³/mol. The summed E-state index contributed by atoms with van der Waals surface area (Å²) in [5.74, 6) is -1.96. The minimum atomic E-state index is -3.22. The van der Waals surface area contributed by atoms with Gasteiger partial charge in [-0.2, -0.15) is 0 Å². The van der Waals surface area contributed by atoms with Crippen molar-refractivity contribution < 1.29 is 23.9 Å². The smallest absolute Gasteiger partial charge is 0.337 e. The number of carbonyl (C=O) groups excluding carboxylic acids is 3. The van der Waals surface area contributed by atoms with Crippen molar-refractivity contribution in [2.24, 2.45) is 0 Å². The summed E-state index contributed by atoms with van der Waals surface area (Å²) in [4.78, 5) is 44.6. The van der Waals surface area contributed by atoms with Gasteiger partial charge in [-0.15, -0.1) is 0 Å². The van der Waals surface area contributed by atoms with Crippen LogP contribution in [0.1, 0.15) is 10.4 Å². The second kappa shape index (κ2) is 13.9. The zero-order valence-electron chi connectivity index (χ0n) is 24.4. The number of methoxy groups -OCH3 is 2. The van der Waals surface area contributed by atoms with E-state index in [0.29, 0.717) is 11.3 Å². The van der Waals surface area contributed by atoms with Crippen LogP contribution in [-0.4, -0.2) is 43.4 Å². The van der Waals surface area contributed by atoms with Crippen LogP contribution in [0.4, 0.5) is 5.69 Å². The highest BCUT2D eigenvalue weighted by molar-refractivity contribution is 7.96. The van der Waals surface area contributed by atoms with Crippen molar-refractivity contribution in [3.63, 3.8) is 0 Å². The quantitative estimate of drug-likeness (QED) is 0.171. The third kappa shape index (κ3) is 5.72. The molecule has 1 unspecified atom stereocenters. The van der Waals surface area contributed by atoms with Gasteiger partial charge in [0.15, 0.2) is 6.04 Å². The summed E-state index contributed by atoms with van der Waals surface area (Å²) in [6.07, 6.45) is 0. The lowest BCUT2D eigenvalue weighted by Gasteiger charge is -2.38. The molecule has 0 aromatic heterocycles. The molecule has 0 N–H and O–H groups in total. The molecule has 1 atom stereocenters. The number of ether oxygens (including phenoxy) is 2. The topological polar surface area (TPSA) is 72.9 Å². The number of hydrogen-bond acceptors (Lipinski definition) is 5. The molecule has 0 fully saturated rings. The number of benzene rings is 5. The molecule has 5 rings (SSSR count). The molecule has 0 aliphatic rings. The molecule has 1 amide bonds. The Hall–Kier alpha value is -5.19. The summed E-state index contributed by atoms with van der Waals surface area (Å²) < 4.78 is 11.0. The minimum absolute atomic E-state index is 0.114. The van der Waals surface area contributed by atoms with Gasteiger partial charge >= 0.3 is 11.9 Å². The van der Waals surface area contributed by atoms with E-state index in [-0.39, 0.29) is 5.29 Å². The third-order valence-electron chi connectivity index (χ3n) is 7.40. The molecular formula is C37H32NO5P. The predicted octanol–water partition coefficient (Wildman–Crippen LogP) is 5.21. The van der Waals surface area contributed by atoms with Crippen LogP contribution in [0.5, 0.6) is 0 Å². The van der Waals surface area contributed by atoms with E-state index in [4.69, 9.17) is 9.47 Å². The van der Waals surface area contributed by atoms with Gasteiger partial charge in [-0.25, -0.2) is 9.59 Å². The molecule has 7 heteroatoms. The van der Waals surface area contributed by atoms with E-state index >= 15 is 0 Å². The lowest BCUT2D eigenvalue weighted by atomic mass is 10.1. The molecule has 0 heterocycles. The van der Waals surface area contributed by atoms with E-state index in [9.17, 15) is 14.4 Å². The molecule has 5 aromatic rings.